The first-order valence-corrected chi connectivity index (χ1v) is 13.1. The predicted octanol–water partition coefficient (Wildman–Crippen LogP) is 6.07. The number of aromatic nitrogens is 1. The lowest BCUT2D eigenvalue weighted by Gasteiger charge is -2.31. The molecule has 0 fully saturated rings. The lowest BCUT2D eigenvalue weighted by molar-refractivity contribution is 0.551. The molecule has 0 spiro atoms. The number of fused-ring (bicyclic) bond motifs is 1. The van der Waals surface area contributed by atoms with Gasteiger partial charge >= 0.3 is 0 Å². The summed E-state index contributed by atoms with van der Waals surface area (Å²) in [5.41, 5.74) is 6.78. The van der Waals surface area contributed by atoms with Gasteiger partial charge in [-0.25, -0.2) is 13.8 Å². The van der Waals surface area contributed by atoms with Crippen molar-refractivity contribution in [2.45, 2.75) is 32.2 Å². The molecular formula is C31H24F2N2OS. The first-order chi connectivity index (χ1) is 18.0. The highest BCUT2D eigenvalue weighted by Gasteiger charge is 2.32. The van der Waals surface area contributed by atoms with Crippen LogP contribution in [0.4, 0.5) is 8.78 Å². The summed E-state index contributed by atoms with van der Waals surface area (Å²) in [6.45, 7) is 2.03. The quantitative estimate of drug-likeness (QED) is 0.330. The molecule has 2 heterocycles. The van der Waals surface area contributed by atoms with Gasteiger partial charge in [0.05, 0.1) is 16.3 Å². The van der Waals surface area contributed by atoms with Crippen LogP contribution < -0.4 is 14.9 Å². The molecule has 2 aliphatic rings. The summed E-state index contributed by atoms with van der Waals surface area (Å²) in [7, 11) is 0. The molecule has 6 rings (SSSR count). The Morgan fingerprint density at radius 2 is 1.49 bits per heavy atom. The number of hydrogen-bond acceptors (Lipinski definition) is 3. The summed E-state index contributed by atoms with van der Waals surface area (Å²) in [6, 6.07) is 20.5. The van der Waals surface area contributed by atoms with Crippen molar-refractivity contribution in [3.8, 4) is 0 Å². The van der Waals surface area contributed by atoms with E-state index >= 15 is 0 Å². The van der Waals surface area contributed by atoms with Crippen molar-refractivity contribution in [3.05, 3.63) is 143 Å². The molecule has 0 amide bonds. The van der Waals surface area contributed by atoms with E-state index in [0.29, 0.717) is 9.33 Å². The van der Waals surface area contributed by atoms with Crippen molar-refractivity contribution in [1.82, 2.24) is 4.57 Å². The molecule has 184 valence electrons. The molecule has 1 atom stereocenters. The van der Waals surface area contributed by atoms with E-state index in [2.05, 4.69) is 6.08 Å². The van der Waals surface area contributed by atoms with Crippen LogP contribution in [-0.2, 0) is 0 Å². The lowest BCUT2D eigenvalue weighted by atomic mass is 9.84. The normalized spacial score (nSPS) is 18.5. The Hall–Kier alpha value is -3.90. The fourth-order valence-electron chi connectivity index (χ4n) is 5.08. The Kier molecular flexibility index (Phi) is 6.05. The molecular weight excluding hydrogens is 486 g/mol. The molecule has 1 unspecified atom stereocenters. The highest BCUT2D eigenvalue weighted by atomic mass is 32.1. The predicted molar refractivity (Wildman–Crippen MR) is 144 cm³/mol. The Labute approximate surface area is 217 Å². The van der Waals surface area contributed by atoms with Gasteiger partial charge in [0.25, 0.3) is 5.56 Å². The summed E-state index contributed by atoms with van der Waals surface area (Å²) >= 11 is 1.37. The van der Waals surface area contributed by atoms with E-state index in [1.165, 1.54) is 35.6 Å². The van der Waals surface area contributed by atoms with Crippen molar-refractivity contribution in [2.75, 3.05) is 0 Å². The fourth-order valence-corrected chi connectivity index (χ4v) is 6.08. The first kappa shape index (κ1) is 23.5. The summed E-state index contributed by atoms with van der Waals surface area (Å²) in [5.74, 6) is -0.588. The van der Waals surface area contributed by atoms with Crippen LogP contribution >= 0.6 is 11.3 Å². The molecule has 0 radical (unpaired) electrons. The number of halogens is 2. The molecule has 0 N–H and O–H groups in total. The van der Waals surface area contributed by atoms with Gasteiger partial charge < -0.3 is 0 Å². The number of nitrogens with zero attached hydrogens (tertiary/aromatic N) is 2. The third kappa shape index (κ3) is 4.53. The maximum atomic E-state index is 13.8. The molecule has 0 bridgehead atoms. The second kappa shape index (κ2) is 9.52. The molecule has 4 aromatic rings. The summed E-state index contributed by atoms with van der Waals surface area (Å²) in [4.78, 5) is 19.4. The number of benzene rings is 3. The average molecular weight is 511 g/mol. The molecule has 1 aliphatic heterocycles. The molecule has 1 aliphatic carbocycles. The van der Waals surface area contributed by atoms with Crippen LogP contribution in [0.25, 0.3) is 12.2 Å². The van der Waals surface area contributed by atoms with Gasteiger partial charge in [-0.3, -0.25) is 9.36 Å². The van der Waals surface area contributed by atoms with Crippen LogP contribution in [0.3, 0.4) is 0 Å². The molecule has 3 aromatic carbocycles. The number of rotatable bonds is 3. The molecule has 6 heteroatoms. The van der Waals surface area contributed by atoms with E-state index in [-0.39, 0.29) is 23.2 Å². The number of thiazole rings is 1. The van der Waals surface area contributed by atoms with Crippen LogP contribution in [0.5, 0.6) is 0 Å². The summed E-state index contributed by atoms with van der Waals surface area (Å²) in [5, 5.41) is 0. The standard InChI is InChI=1S/C31H24F2N2OS/c1-19-5-7-21(8-6-19)18-27-30(36)35-29(22-11-15-25(33)16-12-22)26-4-2-3-23(28(26)34-31(35)37-27)17-20-9-13-24(32)14-10-20/h5-18,29H,2-4H2,1H3/b23-17+,27-18+. The van der Waals surface area contributed by atoms with E-state index < -0.39 is 0 Å². The third-order valence-corrected chi connectivity index (χ3v) is 7.89. The Morgan fingerprint density at radius 3 is 2.19 bits per heavy atom. The zero-order valence-corrected chi connectivity index (χ0v) is 21.1. The van der Waals surface area contributed by atoms with E-state index in [4.69, 9.17) is 4.99 Å². The maximum Gasteiger partial charge on any atom is 0.271 e. The first-order valence-electron chi connectivity index (χ1n) is 12.3. The van der Waals surface area contributed by atoms with Gasteiger partial charge in [-0.2, -0.15) is 0 Å². The molecule has 1 aromatic heterocycles. The molecule has 3 nitrogen and oxygen atoms in total. The smallest absolute Gasteiger partial charge is 0.271 e. The minimum atomic E-state index is -0.357. The van der Waals surface area contributed by atoms with Gasteiger partial charge in [0.15, 0.2) is 4.80 Å². The summed E-state index contributed by atoms with van der Waals surface area (Å²) in [6.07, 6.45) is 6.51. The fraction of sp³-hybridized carbons (Fsp3) is 0.161. The van der Waals surface area contributed by atoms with Gasteiger partial charge in [0, 0.05) is 0 Å². The summed E-state index contributed by atoms with van der Waals surface area (Å²) < 4.78 is 29.7. The Bertz CT molecular complexity index is 1730. The van der Waals surface area contributed by atoms with Gasteiger partial charge in [-0.1, -0.05) is 65.4 Å². The van der Waals surface area contributed by atoms with Crippen LogP contribution in [0.2, 0.25) is 0 Å². The van der Waals surface area contributed by atoms with E-state index in [9.17, 15) is 13.6 Å². The van der Waals surface area contributed by atoms with Crippen molar-refractivity contribution >= 4 is 23.5 Å². The molecule has 37 heavy (non-hydrogen) atoms. The minimum absolute atomic E-state index is 0.0974. The van der Waals surface area contributed by atoms with Crippen molar-refractivity contribution < 1.29 is 8.78 Å². The second-order valence-corrected chi connectivity index (χ2v) is 10.5. The topological polar surface area (TPSA) is 34.4 Å². The van der Waals surface area contributed by atoms with Gasteiger partial charge in [-0.05, 0) is 90.4 Å². The van der Waals surface area contributed by atoms with Crippen LogP contribution in [0.15, 0.2) is 99.4 Å². The minimum Gasteiger partial charge on any atom is -0.272 e. The zero-order valence-electron chi connectivity index (χ0n) is 20.2. The lowest BCUT2D eigenvalue weighted by Crippen LogP contribution is -2.39. The Balaban J connectivity index is 1.57. The van der Waals surface area contributed by atoms with Gasteiger partial charge in [-0.15, -0.1) is 0 Å². The van der Waals surface area contributed by atoms with Crippen molar-refractivity contribution in [1.29, 1.82) is 0 Å². The monoisotopic (exact) mass is 510 g/mol. The molecule has 0 saturated heterocycles. The molecule has 0 saturated carbocycles. The van der Waals surface area contributed by atoms with Crippen LogP contribution in [0, 0.1) is 18.6 Å². The van der Waals surface area contributed by atoms with Crippen molar-refractivity contribution in [2.24, 2.45) is 4.99 Å². The number of allylic oxidation sites excluding steroid dienone is 2. The van der Waals surface area contributed by atoms with Crippen molar-refractivity contribution in [3.63, 3.8) is 0 Å². The number of aryl methyl sites for hydroxylation is 1. The maximum absolute atomic E-state index is 13.8. The average Bonchev–Trinajstić information content (AvgIpc) is 3.21. The highest BCUT2D eigenvalue weighted by molar-refractivity contribution is 7.07. The highest BCUT2D eigenvalue weighted by Crippen LogP contribution is 2.41. The van der Waals surface area contributed by atoms with Gasteiger partial charge in [0.2, 0.25) is 0 Å². The SMILES string of the molecule is Cc1ccc(/C=c2/sc3n(c2=O)C(c2ccc(F)cc2)C2=C(N=3)/C(=C/c3ccc(F)cc3)CCC2)cc1. The largest absolute Gasteiger partial charge is 0.272 e. The third-order valence-electron chi connectivity index (χ3n) is 6.90. The Morgan fingerprint density at radius 1 is 0.865 bits per heavy atom. The van der Waals surface area contributed by atoms with E-state index in [1.54, 1.807) is 28.8 Å². The zero-order chi connectivity index (χ0) is 25.5. The van der Waals surface area contributed by atoms with E-state index in [1.807, 2.05) is 37.3 Å². The van der Waals surface area contributed by atoms with Crippen LogP contribution in [0.1, 0.15) is 47.6 Å². The van der Waals surface area contributed by atoms with Crippen LogP contribution in [-0.4, -0.2) is 4.57 Å². The van der Waals surface area contributed by atoms with Gasteiger partial charge in [0.1, 0.15) is 11.6 Å². The number of hydrogen-bond donors (Lipinski definition) is 0. The second-order valence-electron chi connectivity index (χ2n) is 9.49. The van der Waals surface area contributed by atoms with E-state index in [0.717, 1.165) is 58.4 Å².